The molecule has 0 bridgehead atoms. The zero-order valence-electron chi connectivity index (χ0n) is 5.87. The van der Waals surface area contributed by atoms with Gasteiger partial charge in [-0.25, -0.2) is 0 Å². The maximum atomic E-state index is 11.0. The predicted octanol–water partition coefficient (Wildman–Crippen LogP) is 0.960. The zero-order chi connectivity index (χ0) is 8.43. The molecule has 11 heavy (non-hydrogen) atoms. The van der Waals surface area contributed by atoms with Gasteiger partial charge in [-0.3, -0.25) is 9.59 Å². The highest BCUT2D eigenvalue weighted by molar-refractivity contribution is 9.10. The lowest BCUT2D eigenvalue weighted by molar-refractivity contribution is 0.112. The van der Waals surface area contributed by atoms with Crippen LogP contribution < -0.4 is 5.56 Å². The van der Waals surface area contributed by atoms with Crippen LogP contribution in [0.15, 0.2) is 21.5 Å². The summed E-state index contributed by atoms with van der Waals surface area (Å²) in [6.07, 6.45) is 2.18. The van der Waals surface area contributed by atoms with Crippen molar-refractivity contribution in [1.29, 1.82) is 0 Å². The minimum absolute atomic E-state index is 0.143. The van der Waals surface area contributed by atoms with E-state index in [2.05, 4.69) is 15.9 Å². The third kappa shape index (κ3) is 1.57. The van der Waals surface area contributed by atoms with Gasteiger partial charge in [0.25, 0.3) is 5.56 Å². The van der Waals surface area contributed by atoms with Gasteiger partial charge in [-0.05, 0) is 22.0 Å². The molecule has 1 aromatic heterocycles. The number of carbonyl (C=O) groups is 1. The SMILES string of the molecule is Cn1cc(C=O)cc(Br)c1=O. The van der Waals surface area contributed by atoms with E-state index in [4.69, 9.17) is 0 Å². The molecule has 0 atom stereocenters. The molecule has 0 N–H and O–H groups in total. The Morgan fingerprint density at radius 2 is 2.27 bits per heavy atom. The summed E-state index contributed by atoms with van der Waals surface area (Å²) in [5, 5.41) is 0. The van der Waals surface area contributed by atoms with Crippen LogP contribution >= 0.6 is 15.9 Å². The average molecular weight is 216 g/mol. The summed E-state index contributed by atoms with van der Waals surface area (Å²) in [5.41, 5.74) is 0.342. The summed E-state index contributed by atoms with van der Waals surface area (Å²) in [7, 11) is 1.60. The molecule has 0 spiro atoms. The lowest BCUT2D eigenvalue weighted by atomic mass is 10.3. The van der Waals surface area contributed by atoms with Crippen molar-refractivity contribution in [3.8, 4) is 0 Å². The molecule has 0 aliphatic heterocycles. The predicted molar refractivity (Wildman–Crippen MR) is 44.8 cm³/mol. The molecule has 0 fully saturated rings. The second-order valence-corrected chi connectivity index (χ2v) is 3.01. The number of aromatic nitrogens is 1. The van der Waals surface area contributed by atoms with Crippen molar-refractivity contribution in [1.82, 2.24) is 4.57 Å². The number of aryl methyl sites for hydroxylation is 1. The van der Waals surface area contributed by atoms with Crippen LogP contribution in [-0.4, -0.2) is 10.9 Å². The Kier molecular flexibility index (Phi) is 2.24. The molecule has 4 heteroatoms. The highest BCUT2D eigenvalue weighted by atomic mass is 79.9. The van der Waals surface area contributed by atoms with Gasteiger partial charge in [0.05, 0.1) is 4.47 Å². The molecule has 0 saturated heterocycles. The standard InChI is InChI=1S/C7H6BrNO2/c1-9-3-5(4-10)2-6(8)7(9)11/h2-4H,1H3. The molecule has 58 valence electrons. The van der Waals surface area contributed by atoms with Crippen LogP contribution in [0.3, 0.4) is 0 Å². The van der Waals surface area contributed by atoms with Crippen molar-refractivity contribution >= 4 is 22.2 Å². The van der Waals surface area contributed by atoms with E-state index in [0.29, 0.717) is 16.3 Å². The average Bonchev–Trinajstić information content (AvgIpc) is 1.99. The Morgan fingerprint density at radius 3 is 2.73 bits per heavy atom. The van der Waals surface area contributed by atoms with E-state index in [9.17, 15) is 9.59 Å². The first-order chi connectivity index (χ1) is 5.15. The second-order valence-electron chi connectivity index (χ2n) is 2.16. The maximum absolute atomic E-state index is 11.0. The normalized spacial score (nSPS) is 9.64. The van der Waals surface area contributed by atoms with Gasteiger partial charge in [0.15, 0.2) is 6.29 Å². The van der Waals surface area contributed by atoms with Crippen molar-refractivity contribution in [2.24, 2.45) is 7.05 Å². The number of pyridine rings is 1. The molecule has 0 aliphatic carbocycles. The fraction of sp³-hybridized carbons (Fsp3) is 0.143. The topological polar surface area (TPSA) is 39.1 Å². The van der Waals surface area contributed by atoms with Crippen LogP contribution in [0, 0.1) is 0 Å². The Hall–Kier alpha value is -0.900. The minimum Gasteiger partial charge on any atom is -0.317 e. The first-order valence-electron chi connectivity index (χ1n) is 2.96. The minimum atomic E-state index is -0.143. The molecule has 0 aromatic carbocycles. The highest BCUT2D eigenvalue weighted by Gasteiger charge is 1.99. The van der Waals surface area contributed by atoms with Crippen molar-refractivity contribution in [3.63, 3.8) is 0 Å². The molecule has 0 aliphatic rings. The van der Waals surface area contributed by atoms with E-state index in [1.54, 1.807) is 7.05 Å². The number of halogens is 1. The van der Waals surface area contributed by atoms with Gasteiger partial charge in [0.1, 0.15) is 0 Å². The van der Waals surface area contributed by atoms with Gasteiger partial charge in [0, 0.05) is 18.8 Å². The van der Waals surface area contributed by atoms with Crippen molar-refractivity contribution < 1.29 is 4.79 Å². The summed E-state index contributed by atoms with van der Waals surface area (Å²) in [5.74, 6) is 0. The van der Waals surface area contributed by atoms with Crippen molar-refractivity contribution in [3.05, 3.63) is 32.7 Å². The van der Waals surface area contributed by atoms with Crippen LogP contribution in [0.4, 0.5) is 0 Å². The van der Waals surface area contributed by atoms with Crippen LogP contribution in [-0.2, 0) is 7.05 Å². The van der Waals surface area contributed by atoms with Gasteiger partial charge in [-0.15, -0.1) is 0 Å². The van der Waals surface area contributed by atoms with E-state index in [1.165, 1.54) is 16.8 Å². The van der Waals surface area contributed by atoms with Gasteiger partial charge < -0.3 is 4.57 Å². The Morgan fingerprint density at radius 1 is 1.64 bits per heavy atom. The molecule has 0 saturated carbocycles. The maximum Gasteiger partial charge on any atom is 0.264 e. The first-order valence-corrected chi connectivity index (χ1v) is 3.76. The molecular weight excluding hydrogens is 210 g/mol. The summed E-state index contributed by atoms with van der Waals surface area (Å²) in [6, 6.07) is 1.50. The molecule has 1 aromatic rings. The summed E-state index contributed by atoms with van der Waals surface area (Å²) in [6.45, 7) is 0. The van der Waals surface area contributed by atoms with Crippen LogP contribution in [0.1, 0.15) is 10.4 Å². The molecule has 1 heterocycles. The summed E-state index contributed by atoms with van der Waals surface area (Å²) < 4.78 is 1.76. The fourth-order valence-corrected chi connectivity index (χ4v) is 1.30. The number of carbonyl (C=O) groups excluding carboxylic acids is 1. The van der Waals surface area contributed by atoms with Gasteiger partial charge in [0.2, 0.25) is 0 Å². The first kappa shape index (κ1) is 8.20. The Balaban J connectivity index is 3.43. The zero-order valence-corrected chi connectivity index (χ0v) is 7.46. The molecule has 3 nitrogen and oxygen atoms in total. The van der Waals surface area contributed by atoms with Crippen molar-refractivity contribution in [2.75, 3.05) is 0 Å². The molecule has 0 radical (unpaired) electrons. The molecule has 0 unspecified atom stereocenters. The van der Waals surface area contributed by atoms with E-state index < -0.39 is 0 Å². The fourth-order valence-electron chi connectivity index (χ4n) is 0.760. The number of rotatable bonds is 1. The van der Waals surface area contributed by atoms with E-state index in [0.717, 1.165) is 0 Å². The van der Waals surface area contributed by atoms with E-state index in [1.807, 2.05) is 0 Å². The quantitative estimate of drug-likeness (QED) is 0.656. The monoisotopic (exact) mass is 215 g/mol. The van der Waals surface area contributed by atoms with E-state index in [-0.39, 0.29) is 5.56 Å². The van der Waals surface area contributed by atoms with E-state index >= 15 is 0 Å². The second kappa shape index (κ2) is 3.00. The lowest BCUT2D eigenvalue weighted by Gasteiger charge is -1.97. The molecule has 0 amide bonds. The smallest absolute Gasteiger partial charge is 0.264 e. The number of hydrogen-bond acceptors (Lipinski definition) is 2. The van der Waals surface area contributed by atoms with Crippen LogP contribution in [0.5, 0.6) is 0 Å². The summed E-state index contributed by atoms with van der Waals surface area (Å²) >= 11 is 3.05. The number of aldehydes is 1. The van der Waals surface area contributed by atoms with Gasteiger partial charge >= 0.3 is 0 Å². The molecule has 1 rings (SSSR count). The lowest BCUT2D eigenvalue weighted by Crippen LogP contribution is -2.17. The molecular formula is C7H6BrNO2. The van der Waals surface area contributed by atoms with Crippen LogP contribution in [0.25, 0.3) is 0 Å². The third-order valence-corrected chi connectivity index (χ3v) is 1.86. The summed E-state index contributed by atoms with van der Waals surface area (Å²) in [4.78, 5) is 21.3. The number of nitrogens with zero attached hydrogens (tertiary/aromatic N) is 1. The van der Waals surface area contributed by atoms with Gasteiger partial charge in [-0.2, -0.15) is 0 Å². The van der Waals surface area contributed by atoms with Gasteiger partial charge in [-0.1, -0.05) is 0 Å². The van der Waals surface area contributed by atoms with Crippen molar-refractivity contribution in [2.45, 2.75) is 0 Å². The third-order valence-electron chi connectivity index (χ3n) is 1.30. The Labute approximate surface area is 71.8 Å². The largest absolute Gasteiger partial charge is 0.317 e. The number of hydrogen-bond donors (Lipinski definition) is 0. The van der Waals surface area contributed by atoms with Crippen LogP contribution in [0.2, 0.25) is 0 Å². The highest BCUT2D eigenvalue weighted by Crippen LogP contribution is 2.03. The Bertz CT molecular complexity index is 317.